The highest BCUT2D eigenvalue weighted by Crippen LogP contribution is 2.41. The normalized spacial score (nSPS) is 22.8. The van der Waals surface area contributed by atoms with E-state index in [1.165, 1.54) is 7.11 Å². The van der Waals surface area contributed by atoms with Gasteiger partial charge in [0, 0.05) is 37.8 Å². The number of hydrogen-bond acceptors (Lipinski definition) is 9. The van der Waals surface area contributed by atoms with Crippen LogP contribution >= 0.6 is 0 Å². The van der Waals surface area contributed by atoms with Gasteiger partial charge in [0.1, 0.15) is 12.4 Å². The highest BCUT2D eigenvalue weighted by Gasteiger charge is 2.37. The van der Waals surface area contributed by atoms with Gasteiger partial charge in [-0.3, -0.25) is 4.79 Å². The van der Waals surface area contributed by atoms with Crippen LogP contribution in [0.15, 0.2) is 48.7 Å². The number of carbonyl (C=O) groups excluding carboxylic acids is 2. The van der Waals surface area contributed by atoms with E-state index in [0.717, 1.165) is 29.7 Å². The molecule has 3 aliphatic heterocycles. The van der Waals surface area contributed by atoms with Gasteiger partial charge < -0.3 is 34.3 Å². The lowest BCUT2D eigenvalue weighted by atomic mass is 9.91. The van der Waals surface area contributed by atoms with Crippen LogP contribution in [0.1, 0.15) is 73.8 Å². The molecule has 2 atom stereocenters. The van der Waals surface area contributed by atoms with Crippen molar-refractivity contribution in [1.82, 2.24) is 14.9 Å². The molecule has 0 saturated carbocycles. The van der Waals surface area contributed by atoms with E-state index in [4.69, 9.17) is 18.9 Å². The number of carbonyl (C=O) groups is 2. The van der Waals surface area contributed by atoms with Crippen molar-refractivity contribution in [2.24, 2.45) is 0 Å². The van der Waals surface area contributed by atoms with Gasteiger partial charge in [-0.25, -0.2) is 9.31 Å². The van der Waals surface area contributed by atoms with Gasteiger partial charge in [0.25, 0.3) is 5.91 Å². The van der Waals surface area contributed by atoms with E-state index in [1.54, 1.807) is 16.8 Å². The van der Waals surface area contributed by atoms with Crippen LogP contribution in [-0.4, -0.2) is 83.9 Å². The Morgan fingerprint density at radius 2 is 1.89 bits per heavy atom. The van der Waals surface area contributed by atoms with E-state index in [-0.39, 0.29) is 17.8 Å². The molecule has 4 bridgehead atoms. The molecule has 11 nitrogen and oxygen atoms in total. The van der Waals surface area contributed by atoms with Crippen LogP contribution in [0, 0.1) is 6.92 Å². The van der Waals surface area contributed by atoms with Crippen LogP contribution in [-0.2, 0) is 25.4 Å². The Kier molecular flexibility index (Phi) is 10.0. The van der Waals surface area contributed by atoms with Crippen molar-refractivity contribution < 1.29 is 33.6 Å². The van der Waals surface area contributed by atoms with Crippen LogP contribution in [0.4, 0.5) is 5.69 Å². The number of esters is 1. The van der Waals surface area contributed by atoms with Gasteiger partial charge in [0.05, 0.1) is 42.2 Å². The van der Waals surface area contributed by atoms with Gasteiger partial charge in [0.15, 0.2) is 11.8 Å². The molecule has 5 heterocycles. The van der Waals surface area contributed by atoms with E-state index in [9.17, 15) is 14.7 Å². The van der Waals surface area contributed by atoms with Crippen molar-refractivity contribution in [2.75, 3.05) is 44.9 Å². The predicted octanol–water partition coefficient (Wildman–Crippen LogP) is 4.33. The zero-order valence-corrected chi connectivity index (χ0v) is 27.7. The van der Waals surface area contributed by atoms with Crippen molar-refractivity contribution >= 4 is 23.1 Å². The molecule has 0 aliphatic carbocycles. The fourth-order valence-electron chi connectivity index (χ4n) is 6.02. The lowest BCUT2D eigenvalue weighted by Gasteiger charge is -2.41. The molecule has 1 amide bonds. The molecule has 11 heteroatoms. The lowest BCUT2D eigenvalue weighted by molar-refractivity contribution is -0.164. The van der Waals surface area contributed by atoms with E-state index < -0.39 is 29.7 Å². The maximum atomic E-state index is 13.4. The molecule has 6 rings (SSSR count). The Morgan fingerprint density at radius 3 is 2.61 bits per heavy atom. The van der Waals surface area contributed by atoms with Crippen molar-refractivity contribution in [3.05, 3.63) is 71.1 Å². The van der Waals surface area contributed by atoms with Gasteiger partial charge in [0.2, 0.25) is 0 Å². The highest BCUT2D eigenvalue weighted by atomic mass is 16.6. The molecule has 1 aromatic carbocycles. The second-order valence-corrected chi connectivity index (χ2v) is 13.3. The summed E-state index contributed by atoms with van der Waals surface area (Å²) in [7, 11) is 1.36. The summed E-state index contributed by atoms with van der Waals surface area (Å²) in [6, 6.07) is 9.29. The SMILES string of the molecule is COC(=O)[C@@H](OC(C)(C)C)c1c(C)cn2nc3cc2c1N1CCC(C)(CC1)OC/C=C/COc1ccccc1CC(O)CNC3=O. The Bertz CT molecular complexity index is 1580. The highest BCUT2D eigenvalue weighted by molar-refractivity contribution is 5.95. The number of piperidine rings is 1. The summed E-state index contributed by atoms with van der Waals surface area (Å²) >= 11 is 0. The Balaban J connectivity index is 1.57. The van der Waals surface area contributed by atoms with E-state index in [1.807, 2.05) is 64.1 Å². The summed E-state index contributed by atoms with van der Waals surface area (Å²) in [6.07, 6.45) is 5.65. The summed E-state index contributed by atoms with van der Waals surface area (Å²) in [5.41, 5.74) is 2.95. The summed E-state index contributed by atoms with van der Waals surface area (Å²) < 4.78 is 25.6. The molecule has 2 aromatic heterocycles. The predicted molar refractivity (Wildman–Crippen MR) is 174 cm³/mol. The van der Waals surface area contributed by atoms with Crippen LogP contribution in [0.2, 0.25) is 0 Å². The number of nitrogens with one attached hydrogen (secondary N) is 1. The zero-order chi connectivity index (χ0) is 33.1. The third kappa shape index (κ3) is 7.71. The van der Waals surface area contributed by atoms with Gasteiger partial charge in [-0.2, -0.15) is 5.10 Å². The number of aromatic nitrogens is 2. The molecule has 248 valence electrons. The average Bonchev–Trinajstić information content (AvgIpc) is 3.43. The largest absolute Gasteiger partial charge is 0.489 e. The first-order valence-corrected chi connectivity index (χ1v) is 15.9. The van der Waals surface area contributed by atoms with Crippen LogP contribution in [0.5, 0.6) is 5.75 Å². The molecule has 0 spiro atoms. The number of anilines is 1. The maximum absolute atomic E-state index is 13.4. The minimum atomic E-state index is -0.999. The fraction of sp³-hybridized carbons (Fsp3) is 0.514. The number of rotatable bonds is 3. The number of ether oxygens (including phenoxy) is 4. The van der Waals surface area contributed by atoms with E-state index in [0.29, 0.717) is 49.6 Å². The molecule has 3 aliphatic rings. The molecule has 46 heavy (non-hydrogen) atoms. The third-order valence-electron chi connectivity index (χ3n) is 8.45. The standard InChI is InChI=1S/C35H46N4O7/c1-23-22-39-27-20-26(37-39)32(41)36-21-25(40)19-24-11-7-8-12-28(24)44-17-9-10-18-45-35(5)13-15-38(16-14-35)30(27)29(23)31(33(42)43-6)46-34(2,3)4/h7-12,20,22,25,31,40H,13-19,21H2,1-6H3,(H,36,41)/b10-9+/t25?,31-/m0/s1. The Labute approximate surface area is 270 Å². The van der Waals surface area contributed by atoms with Crippen molar-refractivity contribution in [3.63, 3.8) is 0 Å². The minimum Gasteiger partial charge on any atom is -0.489 e. The number of amides is 1. The molecule has 2 N–H and O–H groups in total. The number of aryl methyl sites for hydroxylation is 1. The van der Waals surface area contributed by atoms with Gasteiger partial charge in [-0.1, -0.05) is 24.3 Å². The summed E-state index contributed by atoms with van der Waals surface area (Å²) in [5, 5.41) is 18.3. The Hall–Kier alpha value is -3.93. The molecule has 1 fully saturated rings. The second-order valence-electron chi connectivity index (χ2n) is 13.3. The molecule has 3 aromatic rings. The minimum absolute atomic E-state index is 0.0317. The first-order chi connectivity index (χ1) is 21.9. The smallest absolute Gasteiger partial charge is 0.339 e. The number of aliphatic hydroxyl groups is 1. The maximum Gasteiger partial charge on any atom is 0.339 e. The van der Waals surface area contributed by atoms with Crippen LogP contribution in [0.3, 0.4) is 0 Å². The van der Waals surface area contributed by atoms with Crippen molar-refractivity contribution in [2.45, 2.75) is 77.3 Å². The Morgan fingerprint density at radius 1 is 1.17 bits per heavy atom. The first kappa shape index (κ1) is 33.4. The zero-order valence-electron chi connectivity index (χ0n) is 27.7. The fourth-order valence-corrected chi connectivity index (χ4v) is 6.02. The monoisotopic (exact) mass is 634 g/mol. The number of benzene rings is 1. The molecule has 1 saturated heterocycles. The molecule has 1 unspecified atom stereocenters. The number of nitrogens with zero attached hydrogens (tertiary/aromatic N) is 3. The number of fused-ring (bicyclic) bond motifs is 10. The number of aliphatic hydroxyl groups excluding tert-OH is 1. The van der Waals surface area contributed by atoms with Gasteiger partial charge in [-0.05, 0) is 76.8 Å². The number of pyridine rings is 1. The number of methoxy groups -OCH3 is 1. The van der Waals surface area contributed by atoms with Crippen molar-refractivity contribution in [3.8, 4) is 5.75 Å². The summed E-state index contributed by atoms with van der Waals surface area (Å²) in [6.45, 7) is 11.9. The van der Waals surface area contributed by atoms with Gasteiger partial charge >= 0.3 is 5.97 Å². The quantitative estimate of drug-likeness (QED) is 0.320. The van der Waals surface area contributed by atoms with Crippen LogP contribution in [0.25, 0.3) is 5.52 Å². The topological polar surface area (TPSA) is 124 Å². The summed E-state index contributed by atoms with van der Waals surface area (Å²) in [5.74, 6) is -0.234. The number of para-hydroxylation sites is 1. The lowest BCUT2D eigenvalue weighted by Crippen LogP contribution is -2.45. The molecule has 0 radical (unpaired) electrons. The van der Waals surface area contributed by atoms with Crippen LogP contribution < -0.4 is 15.0 Å². The molecular formula is C35H46N4O7. The molecular weight excluding hydrogens is 588 g/mol. The van der Waals surface area contributed by atoms with E-state index in [2.05, 4.69) is 22.2 Å². The first-order valence-electron chi connectivity index (χ1n) is 15.9. The van der Waals surface area contributed by atoms with Gasteiger partial charge in [-0.15, -0.1) is 0 Å². The average molecular weight is 635 g/mol. The number of hydrogen-bond donors (Lipinski definition) is 2. The third-order valence-corrected chi connectivity index (χ3v) is 8.45. The van der Waals surface area contributed by atoms with Crippen molar-refractivity contribution in [1.29, 1.82) is 0 Å². The summed E-state index contributed by atoms with van der Waals surface area (Å²) in [4.78, 5) is 28.9. The van der Waals surface area contributed by atoms with E-state index >= 15 is 0 Å². The second kappa shape index (κ2) is 13.8.